The lowest BCUT2D eigenvalue weighted by atomic mass is 10.1. The molecule has 1 heterocycles. The third-order valence-electron chi connectivity index (χ3n) is 6.62. The normalized spacial score (nSPS) is 14.9. The van der Waals surface area contributed by atoms with Crippen LogP contribution in [0.2, 0.25) is 0 Å². The summed E-state index contributed by atoms with van der Waals surface area (Å²) in [6, 6.07) is 13.5. The van der Waals surface area contributed by atoms with E-state index < -0.39 is 0 Å². The first-order valence-electron chi connectivity index (χ1n) is 14.1. The minimum atomic E-state index is -0.299. The van der Waals surface area contributed by atoms with Crippen molar-refractivity contribution in [2.75, 3.05) is 64.5 Å². The fourth-order valence-corrected chi connectivity index (χ4v) is 3.93. The van der Waals surface area contributed by atoms with Crippen molar-refractivity contribution in [2.24, 2.45) is 17.3 Å². The van der Waals surface area contributed by atoms with Crippen LogP contribution in [-0.2, 0) is 9.53 Å². The summed E-state index contributed by atoms with van der Waals surface area (Å²) in [5, 5.41) is 4.02. The number of anilines is 1. The number of nitrogens with one attached hydrogen (secondary N) is 1. The average molecular weight is 572 g/mol. The van der Waals surface area contributed by atoms with E-state index in [1.807, 2.05) is 12.1 Å². The number of carbonyl (C=O) groups excluding carboxylic acids is 2. The Bertz CT molecular complexity index is 1050. The molecule has 10 nitrogen and oxygen atoms in total. The Hall–Kier alpha value is -3.51. The molecule has 0 aromatic heterocycles. The van der Waals surface area contributed by atoms with Gasteiger partial charge in [-0.05, 0) is 73.7 Å². The maximum absolute atomic E-state index is 12.4. The lowest BCUT2D eigenvalue weighted by Gasteiger charge is -2.34. The van der Waals surface area contributed by atoms with Crippen molar-refractivity contribution in [3.05, 3.63) is 77.9 Å². The monoisotopic (exact) mass is 571 g/mol. The van der Waals surface area contributed by atoms with E-state index in [4.69, 9.17) is 22.0 Å². The highest BCUT2D eigenvalue weighted by Gasteiger charge is 2.23. The Labute approximate surface area is 243 Å². The predicted molar refractivity (Wildman–Crippen MR) is 161 cm³/mol. The number of amides is 2. The first kappa shape index (κ1) is 33.7. The molecule has 11 heteroatoms. The zero-order valence-corrected chi connectivity index (χ0v) is 24.3. The molecular formula is C30H46FN7O3. The van der Waals surface area contributed by atoms with Crippen LogP contribution in [0, 0.1) is 5.82 Å². The van der Waals surface area contributed by atoms with Crippen molar-refractivity contribution in [3.8, 4) is 0 Å². The number of hydrogen-bond donors (Lipinski definition) is 4. The largest absolute Gasteiger partial charge is 0.403 e. The second kappa shape index (κ2) is 18.8. The van der Waals surface area contributed by atoms with Gasteiger partial charge in [0, 0.05) is 57.8 Å². The molecule has 4 rings (SSSR count). The van der Waals surface area contributed by atoms with Crippen LogP contribution in [0.3, 0.4) is 0 Å². The average Bonchev–Trinajstić information content (AvgIpc) is 3.86. The number of nitrogens with zero attached hydrogens (tertiary/aromatic N) is 3. The molecule has 1 aliphatic heterocycles. The molecule has 2 aromatic carbocycles. The summed E-state index contributed by atoms with van der Waals surface area (Å²) in [4.78, 5) is 28.6. The van der Waals surface area contributed by atoms with Crippen molar-refractivity contribution in [1.29, 1.82) is 0 Å². The Morgan fingerprint density at radius 3 is 2.20 bits per heavy atom. The van der Waals surface area contributed by atoms with Crippen molar-refractivity contribution in [1.82, 2.24) is 15.1 Å². The van der Waals surface area contributed by atoms with Gasteiger partial charge in [-0.25, -0.2) is 10.2 Å². The van der Waals surface area contributed by atoms with E-state index in [1.54, 1.807) is 36.3 Å². The molecule has 41 heavy (non-hydrogen) atoms. The van der Waals surface area contributed by atoms with Crippen molar-refractivity contribution in [3.63, 3.8) is 0 Å². The summed E-state index contributed by atoms with van der Waals surface area (Å²) in [7, 11) is 1.68. The zero-order chi connectivity index (χ0) is 30.0. The maximum Gasteiger partial charge on any atom is 0.251 e. The minimum Gasteiger partial charge on any atom is -0.403 e. The van der Waals surface area contributed by atoms with Gasteiger partial charge >= 0.3 is 0 Å². The van der Waals surface area contributed by atoms with Gasteiger partial charge in [0.15, 0.2) is 0 Å². The number of ether oxygens (including phenoxy) is 1. The Morgan fingerprint density at radius 1 is 1.07 bits per heavy atom. The number of piperazine rings is 1. The summed E-state index contributed by atoms with van der Waals surface area (Å²) >= 11 is 0. The zero-order valence-electron chi connectivity index (χ0n) is 24.3. The number of hydrogen-bond acceptors (Lipinski definition) is 8. The summed E-state index contributed by atoms with van der Waals surface area (Å²) in [5.74, 6) is 5.98. The third-order valence-corrected chi connectivity index (χ3v) is 6.62. The van der Waals surface area contributed by atoms with Crippen molar-refractivity contribution < 1.29 is 18.7 Å². The number of nitrogens with two attached hydrogens (primary N) is 3. The highest BCUT2D eigenvalue weighted by molar-refractivity contribution is 5.96. The van der Waals surface area contributed by atoms with E-state index in [9.17, 15) is 14.0 Å². The van der Waals surface area contributed by atoms with Crippen LogP contribution in [0.15, 0.2) is 60.9 Å². The van der Waals surface area contributed by atoms with Crippen molar-refractivity contribution in [2.45, 2.75) is 32.1 Å². The smallest absolute Gasteiger partial charge is 0.251 e. The number of methoxy groups -OCH3 is 1. The molecule has 1 aliphatic carbocycles. The van der Waals surface area contributed by atoms with Crippen LogP contribution in [0.1, 0.15) is 48.0 Å². The van der Waals surface area contributed by atoms with Gasteiger partial charge in [-0.15, -0.1) is 0 Å². The maximum atomic E-state index is 12.4. The molecule has 2 aliphatic rings. The highest BCUT2D eigenvalue weighted by Crippen LogP contribution is 2.39. The quantitative estimate of drug-likeness (QED) is 0.251. The van der Waals surface area contributed by atoms with E-state index in [2.05, 4.69) is 17.1 Å². The number of rotatable bonds is 10. The molecule has 0 radical (unpaired) electrons. The molecule has 0 bridgehead atoms. The molecule has 2 amide bonds. The van der Waals surface area contributed by atoms with Crippen molar-refractivity contribution >= 4 is 17.5 Å². The van der Waals surface area contributed by atoms with Gasteiger partial charge in [0.05, 0.1) is 18.8 Å². The van der Waals surface area contributed by atoms with Gasteiger partial charge in [-0.2, -0.15) is 0 Å². The molecule has 7 N–H and O–H groups in total. The second-order valence-corrected chi connectivity index (χ2v) is 9.81. The SMILES string of the molecule is CCCN.COCCN1CCN(C(=O)CNC(=O)c2ccc(N(N)/C=C\N)cc2)CC1.Fc1ccc(C2CC2)cc1. The van der Waals surface area contributed by atoms with Gasteiger partial charge in [0.1, 0.15) is 5.82 Å². The van der Waals surface area contributed by atoms with E-state index in [0.29, 0.717) is 30.9 Å². The van der Waals surface area contributed by atoms with Crippen LogP contribution in [0.4, 0.5) is 10.1 Å². The number of halogens is 1. The number of hydrazine groups is 1. The first-order chi connectivity index (χ1) is 19.8. The van der Waals surface area contributed by atoms with Crippen LogP contribution in [-0.4, -0.2) is 81.1 Å². The molecule has 1 saturated heterocycles. The molecule has 2 aromatic rings. The summed E-state index contributed by atoms with van der Waals surface area (Å²) < 4.78 is 17.4. The van der Waals surface area contributed by atoms with Crippen LogP contribution in [0.25, 0.3) is 0 Å². The summed E-state index contributed by atoms with van der Waals surface area (Å²) in [6.45, 7) is 7.37. The Balaban J connectivity index is 0.000000341. The molecule has 0 unspecified atom stereocenters. The van der Waals surface area contributed by atoms with Crippen LogP contribution >= 0.6 is 0 Å². The highest BCUT2D eigenvalue weighted by atomic mass is 19.1. The van der Waals surface area contributed by atoms with E-state index >= 15 is 0 Å². The summed E-state index contributed by atoms with van der Waals surface area (Å²) in [6.07, 6.45) is 6.49. The topological polar surface area (TPSA) is 143 Å². The first-order valence-corrected chi connectivity index (χ1v) is 14.1. The molecule has 1 saturated carbocycles. The van der Waals surface area contributed by atoms with Gasteiger partial charge in [-0.1, -0.05) is 19.1 Å². The predicted octanol–water partition coefficient (Wildman–Crippen LogP) is 2.38. The van der Waals surface area contributed by atoms with E-state index in [0.717, 1.165) is 38.5 Å². The van der Waals surface area contributed by atoms with Gasteiger partial charge in [0.25, 0.3) is 5.91 Å². The van der Waals surface area contributed by atoms with Gasteiger partial charge < -0.3 is 26.4 Å². The third kappa shape index (κ3) is 12.7. The Morgan fingerprint density at radius 2 is 1.68 bits per heavy atom. The van der Waals surface area contributed by atoms with Crippen LogP contribution < -0.4 is 27.6 Å². The minimum absolute atomic E-state index is 0.0163. The molecule has 0 atom stereocenters. The number of carbonyl (C=O) groups is 2. The molecular weight excluding hydrogens is 525 g/mol. The molecule has 226 valence electrons. The number of benzene rings is 2. The Kier molecular flexibility index (Phi) is 15.4. The standard InChI is InChI=1S/C18H28N6O3.C9H9F.C3H9N/c1-27-13-12-22-8-10-23(11-9-22)17(25)14-21-18(26)15-2-4-16(5-3-15)24(20)7-6-19;10-9-5-3-8(4-6-9)7-1-2-7;1-2-3-4/h2-7H,8-14,19-20H2,1H3,(H,21,26);3-7H,1-2H2;2-4H2,1H3/b7-6-;;. The fraction of sp³-hybridized carbons (Fsp3) is 0.467. The van der Waals surface area contributed by atoms with E-state index in [1.165, 1.54) is 47.9 Å². The molecule has 0 spiro atoms. The van der Waals surface area contributed by atoms with Gasteiger partial charge in [-0.3, -0.25) is 19.5 Å². The van der Waals surface area contributed by atoms with Crippen LogP contribution in [0.5, 0.6) is 0 Å². The lowest BCUT2D eigenvalue weighted by Crippen LogP contribution is -2.51. The lowest BCUT2D eigenvalue weighted by molar-refractivity contribution is -0.131. The van der Waals surface area contributed by atoms with Gasteiger partial charge in [0.2, 0.25) is 5.91 Å². The molecule has 2 fully saturated rings. The second-order valence-electron chi connectivity index (χ2n) is 9.81. The fourth-order valence-electron chi connectivity index (χ4n) is 3.93. The van der Waals surface area contributed by atoms with E-state index in [-0.39, 0.29) is 24.2 Å². The summed E-state index contributed by atoms with van der Waals surface area (Å²) in [5.41, 5.74) is 12.8.